The molecule has 0 unspecified atom stereocenters. The lowest BCUT2D eigenvalue weighted by Crippen LogP contribution is -2.23. The molecule has 0 aliphatic carbocycles. The van der Waals surface area contributed by atoms with E-state index >= 15 is 0 Å². The van der Waals surface area contributed by atoms with Crippen LogP contribution in [0.15, 0.2) is 30.5 Å². The first-order valence-corrected chi connectivity index (χ1v) is 6.40. The van der Waals surface area contributed by atoms with Crippen LogP contribution in [0.1, 0.15) is 6.42 Å². The zero-order valence-corrected chi connectivity index (χ0v) is 11.6. The van der Waals surface area contributed by atoms with E-state index in [0.717, 1.165) is 23.1 Å². The van der Waals surface area contributed by atoms with Crippen LogP contribution in [-0.2, 0) is 0 Å². The predicted molar refractivity (Wildman–Crippen MR) is 81.4 cm³/mol. The molecule has 0 aliphatic rings. The van der Waals surface area contributed by atoms with Crippen LogP contribution in [0.4, 0.5) is 5.69 Å². The summed E-state index contributed by atoms with van der Waals surface area (Å²) in [5, 5.41) is 1.77. The number of thiocarbonyl (C=S) groups is 1. The van der Waals surface area contributed by atoms with Gasteiger partial charge < -0.3 is 10.6 Å². The Labute approximate surface area is 117 Å². The molecule has 0 saturated carbocycles. The number of halogens is 1. The van der Waals surface area contributed by atoms with E-state index in [4.69, 9.17) is 29.6 Å². The summed E-state index contributed by atoms with van der Waals surface area (Å²) in [6.45, 7) is 0.789. The zero-order valence-electron chi connectivity index (χ0n) is 10.1. The molecule has 0 fully saturated rings. The van der Waals surface area contributed by atoms with E-state index in [1.165, 1.54) is 0 Å². The van der Waals surface area contributed by atoms with Crippen molar-refractivity contribution in [1.29, 1.82) is 0 Å². The number of fused-ring (bicyclic) bond motifs is 1. The lowest BCUT2D eigenvalue weighted by atomic mass is 10.1. The van der Waals surface area contributed by atoms with Crippen molar-refractivity contribution in [2.24, 2.45) is 5.73 Å². The molecule has 1 heterocycles. The van der Waals surface area contributed by atoms with E-state index in [-0.39, 0.29) is 0 Å². The number of hydrogen-bond acceptors (Lipinski definition) is 3. The molecule has 0 spiro atoms. The summed E-state index contributed by atoms with van der Waals surface area (Å²) in [5.74, 6) is 0. The molecule has 0 saturated heterocycles. The Balaban J connectivity index is 2.35. The highest BCUT2D eigenvalue weighted by molar-refractivity contribution is 7.80. The van der Waals surface area contributed by atoms with E-state index in [2.05, 4.69) is 9.88 Å². The summed E-state index contributed by atoms with van der Waals surface area (Å²) < 4.78 is 0. The quantitative estimate of drug-likeness (QED) is 0.874. The fraction of sp³-hybridized carbons (Fsp3) is 0.231. The molecular formula is C13H14ClN3S. The molecule has 2 rings (SSSR count). The van der Waals surface area contributed by atoms with Crippen molar-refractivity contribution in [3.63, 3.8) is 0 Å². The van der Waals surface area contributed by atoms with Crippen molar-refractivity contribution >= 4 is 45.4 Å². The number of aromatic nitrogens is 1. The first kappa shape index (κ1) is 13.1. The third-order valence-corrected chi connectivity index (χ3v) is 3.23. The number of anilines is 1. The molecule has 0 amide bonds. The standard InChI is InChI=1S/C13H14ClN3S/c1-17(7-5-13(15)18)12-4-6-16-11-8-9(14)2-3-10(11)12/h2-4,6,8H,5,7H2,1H3,(H2,15,18). The normalized spacial score (nSPS) is 10.6. The summed E-state index contributed by atoms with van der Waals surface area (Å²) in [6.07, 6.45) is 2.48. The van der Waals surface area contributed by atoms with Gasteiger partial charge in [0, 0.05) is 42.3 Å². The second-order valence-corrected chi connectivity index (χ2v) is 5.09. The highest BCUT2D eigenvalue weighted by Gasteiger charge is 2.07. The van der Waals surface area contributed by atoms with Crippen molar-refractivity contribution in [3.05, 3.63) is 35.5 Å². The summed E-state index contributed by atoms with van der Waals surface area (Å²) in [7, 11) is 2.02. The van der Waals surface area contributed by atoms with Crippen molar-refractivity contribution in [3.8, 4) is 0 Å². The van der Waals surface area contributed by atoms with Gasteiger partial charge in [-0.2, -0.15) is 0 Å². The highest BCUT2D eigenvalue weighted by Crippen LogP contribution is 2.26. The predicted octanol–water partition coefficient (Wildman–Crippen LogP) is 3.00. The van der Waals surface area contributed by atoms with Crippen molar-refractivity contribution in [2.45, 2.75) is 6.42 Å². The largest absolute Gasteiger partial charge is 0.393 e. The smallest absolute Gasteiger partial charge is 0.0745 e. The van der Waals surface area contributed by atoms with Crippen molar-refractivity contribution in [2.75, 3.05) is 18.5 Å². The molecule has 2 aromatic rings. The van der Waals surface area contributed by atoms with E-state index < -0.39 is 0 Å². The molecule has 0 atom stereocenters. The highest BCUT2D eigenvalue weighted by atomic mass is 35.5. The van der Waals surface area contributed by atoms with Crippen LogP contribution in [-0.4, -0.2) is 23.6 Å². The maximum atomic E-state index is 5.97. The number of nitrogens with two attached hydrogens (primary N) is 1. The van der Waals surface area contributed by atoms with Gasteiger partial charge in [-0.15, -0.1) is 0 Å². The second kappa shape index (κ2) is 5.50. The van der Waals surface area contributed by atoms with Gasteiger partial charge in [-0.1, -0.05) is 23.8 Å². The fourth-order valence-electron chi connectivity index (χ4n) is 1.84. The molecule has 0 radical (unpaired) electrons. The Bertz CT molecular complexity index is 585. The minimum absolute atomic E-state index is 0.531. The van der Waals surface area contributed by atoms with Crippen LogP contribution in [0.5, 0.6) is 0 Å². The summed E-state index contributed by atoms with van der Waals surface area (Å²) >= 11 is 10.9. The van der Waals surface area contributed by atoms with Gasteiger partial charge in [0.25, 0.3) is 0 Å². The Kier molecular flexibility index (Phi) is 3.99. The van der Waals surface area contributed by atoms with Crippen LogP contribution < -0.4 is 10.6 Å². The molecular weight excluding hydrogens is 266 g/mol. The van der Waals surface area contributed by atoms with Gasteiger partial charge >= 0.3 is 0 Å². The lowest BCUT2D eigenvalue weighted by molar-refractivity contribution is 0.925. The molecule has 18 heavy (non-hydrogen) atoms. The third-order valence-electron chi connectivity index (χ3n) is 2.79. The van der Waals surface area contributed by atoms with Crippen LogP contribution in [0.25, 0.3) is 10.9 Å². The van der Waals surface area contributed by atoms with Gasteiger partial charge in [0.15, 0.2) is 0 Å². The van der Waals surface area contributed by atoms with Gasteiger partial charge in [-0.05, 0) is 24.3 Å². The maximum absolute atomic E-state index is 5.97. The number of benzene rings is 1. The molecule has 0 aliphatic heterocycles. The Morgan fingerprint density at radius 2 is 2.22 bits per heavy atom. The minimum Gasteiger partial charge on any atom is -0.393 e. The summed E-state index contributed by atoms with van der Waals surface area (Å²) in [4.78, 5) is 6.97. The van der Waals surface area contributed by atoms with Gasteiger partial charge in [-0.25, -0.2) is 0 Å². The van der Waals surface area contributed by atoms with Crippen LogP contribution in [0.2, 0.25) is 5.02 Å². The monoisotopic (exact) mass is 279 g/mol. The molecule has 1 aromatic carbocycles. The topological polar surface area (TPSA) is 42.1 Å². The van der Waals surface area contributed by atoms with E-state index in [9.17, 15) is 0 Å². The molecule has 3 nitrogen and oxygen atoms in total. The van der Waals surface area contributed by atoms with Crippen LogP contribution in [0.3, 0.4) is 0 Å². The van der Waals surface area contributed by atoms with Gasteiger partial charge in [0.2, 0.25) is 0 Å². The number of hydrogen-bond donors (Lipinski definition) is 1. The molecule has 0 bridgehead atoms. The molecule has 1 aromatic heterocycles. The number of pyridine rings is 1. The maximum Gasteiger partial charge on any atom is 0.0745 e. The first-order chi connectivity index (χ1) is 8.58. The first-order valence-electron chi connectivity index (χ1n) is 5.61. The van der Waals surface area contributed by atoms with Crippen LogP contribution in [0, 0.1) is 0 Å². The van der Waals surface area contributed by atoms with E-state index in [0.29, 0.717) is 16.4 Å². The molecule has 5 heteroatoms. The van der Waals surface area contributed by atoms with E-state index in [1.807, 2.05) is 31.3 Å². The zero-order chi connectivity index (χ0) is 13.1. The molecule has 94 valence electrons. The van der Waals surface area contributed by atoms with Crippen molar-refractivity contribution < 1.29 is 0 Å². The Hall–Kier alpha value is -1.39. The average Bonchev–Trinajstić information content (AvgIpc) is 2.34. The van der Waals surface area contributed by atoms with Gasteiger partial charge in [0.05, 0.1) is 10.5 Å². The third kappa shape index (κ3) is 2.89. The van der Waals surface area contributed by atoms with Crippen LogP contribution >= 0.6 is 23.8 Å². The summed E-state index contributed by atoms with van der Waals surface area (Å²) in [6, 6.07) is 7.70. The molecule has 2 N–H and O–H groups in total. The number of rotatable bonds is 4. The van der Waals surface area contributed by atoms with Gasteiger partial charge in [-0.3, -0.25) is 4.98 Å². The number of nitrogens with zero attached hydrogens (tertiary/aromatic N) is 2. The lowest BCUT2D eigenvalue weighted by Gasteiger charge is -2.20. The Morgan fingerprint density at radius 1 is 1.44 bits per heavy atom. The van der Waals surface area contributed by atoms with Crippen molar-refractivity contribution in [1.82, 2.24) is 4.98 Å². The van der Waals surface area contributed by atoms with E-state index in [1.54, 1.807) is 6.20 Å². The summed E-state index contributed by atoms with van der Waals surface area (Å²) in [5.41, 5.74) is 7.52. The second-order valence-electron chi connectivity index (χ2n) is 4.13. The average molecular weight is 280 g/mol. The van der Waals surface area contributed by atoms with Gasteiger partial charge in [0.1, 0.15) is 0 Å². The SMILES string of the molecule is CN(CCC(N)=S)c1ccnc2cc(Cl)ccc12. The minimum atomic E-state index is 0.531. The Morgan fingerprint density at radius 3 is 2.94 bits per heavy atom. The fourth-order valence-corrected chi connectivity index (χ4v) is 2.09.